The highest BCUT2D eigenvalue weighted by Gasteiger charge is 2.31. The maximum atomic E-state index is 9.26. The van der Waals surface area contributed by atoms with Crippen LogP contribution in [-0.2, 0) is 0 Å². The van der Waals surface area contributed by atoms with Gasteiger partial charge in [-0.05, 0) is 49.6 Å². The number of hydrogen-bond donors (Lipinski definition) is 2. The molecule has 1 aliphatic rings. The minimum absolute atomic E-state index is 0.355. The fraction of sp³-hybridized carbons (Fsp3) is 1.00. The lowest BCUT2D eigenvalue weighted by molar-refractivity contribution is 0.143. The molecule has 2 N–H and O–H groups in total. The molecule has 114 valence electrons. The van der Waals surface area contributed by atoms with E-state index in [9.17, 15) is 5.11 Å². The molecule has 1 saturated heterocycles. The SMILES string of the molecule is CCC(CC)(CNCC(C)C)CN1CCC(CO)C1. The number of likely N-dealkylation sites (tertiary alicyclic amines) is 1. The lowest BCUT2D eigenvalue weighted by Crippen LogP contribution is -2.43. The van der Waals surface area contributed by atoms with Gasteiger partial charge in [0.1, 0.15) is 0 Å². The van der Waals surface area contributed by atoms with Crippen molar-refractivity contribution in [2.45, 2.75) is 47.0 Å². The number of nitrogens with zero attached hydrogens (tertiary/aromatic N) is 1. The molecule has 1 heterocycles. The van der Waals surface area contributed by atoms with Gasteiger partial charge in [-0.25, -0.2) is 0 Å². The van der Waals surface area contributed by atoms with Crippen LogP contribution in [0.15, 0.2) is 0 Å². The fourth-order valence-corrected chi connectivity index (χ4v) is 3.09. The third-order valence-electron chi connectivity index (χ3n) is 4.74. The minimum atomic E-state index is 0.355. The van der Waals surface area contributed by atoms with Crippen molar-refractivity contribution >= 4 is 0 Å². The highest BCUT2D eigenvalue weighted by atomic mass is 16.3. The Hall–Kier alpha value is -0.120. The first-order valence-electron chi connectivity index (χ1n) is 8.09. The zero-order valence-corrected chi connectivity index (χ0v) is 13.4. The van der Waals surface area contributed by atoms with Gasteiger partial charge < -0.3 is 15.3 Å². The third-order valence-corrected chi connectivity index (χ3v) is 4.74. The lowest BCUT2D eigenvalue weighted by Gasteiger charge is -2.36. The molecule has 3 nitrogen and oxygen atoms in total. The van der Waals surface area contributed by atoms with Gasteiger partial charge in [-0.2, -0.15) is 0 Å². The summed E-state index contributed by atoms with van der Waals surface area (Å²) in [6, 6.07) is 0. The van der Waals surface area contributed by atoms with Crippen LogP contribution >= 0.6 is 0 Å². The molecule has 1 rings (SSSR count). The third kappa shape index (κ3) is 5.41. The van der Waals surface area contributed by atoms with Crippen LogP contribution in [0.2, 0.25) is 0 Å². The van der Waals surface area contributed by atoms with Crippen LogP contribution in [0.3, 0.4) is 0 Å². The highest BCUT2D eigenvalue weighted by molar-refractivity contribution is 4.86. The van der Waals surface area contributed by atoms with Crippen LogP contribution in [0, 0.1) is 17.3 Å². The van der Waals surface area contributed by atoms with Crippen LogP contribution in [0.25, 0.3) is 0 Å². The minimum Gasteiger partial charge on any atom is -0.396 e. The summed E-state index contributed by atoms with van der Waals surface area (Å²) in [5.41, 5.74) is 0.402. The quantitative estimate of drug-likeness (QED) is 0.675. The molecule has 19 heavy (non-hydrogen) atoms. The van der Waals surface area contributed by atoms with E-state index in [0.717, 1.165) is 32.1 Å². The summed E-state index contributed by atoms with van der Waals surface area (Å²) in [7, 11) is 0. The molecule has 1 atom stereocenters. The molecule has 0 aromatic heterocycles. The first kappa shape index (κ1) is 16.9. The average Bonchev–Trinajstić information content (AvgIpc) is 2.84. The van der Waals surface area contributed by atoms with Crippen LogP contribution in [0.1, 0.15) is 47.0 Å². The normalized spacial score (nSPS) is 21.5. The molecule has 0 radical (unpaired) electrons. The van der Waals surface area contributed by atoms with Crippen molar-refractivity contribution in [1.82, 2.24) is 10.2 Å². The Morgan fingerprint density at radius 1 is 1.32 bits per heavy atom. The van der Waals surface area contributed by atoms with Crippen LogP contribution in [0.5, 0.6) is 0 Å². The van der Waals surface area contributed by atoms with Crippen molar-refractivity contribution in [3.05, 3.63) is 0 Å². The first-order valence-corrected chi connectivity index (χ1v) is 8.09. The van der Waals surface area contributed by atoms with E-state index in [1.165, 1.54) is 25.8 Å². The van der Waals surface area contributed by atoms with Crippen molar-refractivity contribution in [2.75, 3.05) is 39.3 Å². The number of aliphatic hydroxyl groups excluding tert-OH is 1. The molecule has 0 amide bonds. The Kier molecular flexibility index (Phi) is 7.33. The standard InChI is InChI=1S/C16H34N2O/c1-5-16(6-2,12-17-9-14(3)4)13-18-8-7-15(10-18)11-19/h14-15,17,19H,5-13H2,1-4H3. The van der Waals surface area contributed by atoms with E-state index in [1.807, 2.05) is 0 Å². The van der Waals surface area contributed by atoms with E-state index >= 15 is 0 Å². The maximum absolute atomic E-state index is 9.26. The van der Waals surface area contributed by atoms with E-state index in [2.05, 4.69) is 37.9 Å². The van der Waals surface area contributed by atoms with Crippen molar-refractivity contribution < 1.29 is 5.11 Å². The summed E-state index contributed by atoms with van der Waals surface area (Å²) >= 11 is 0. The molecule has 1 aliphatic heterocycles. The summed E-state index contributed by atoms with van der Waals surface area (Å²) < 4.78 is 0. The molecule has 0 aromatic carbocycles. The second-order valence-corrected chi connectivity index (χ2v) is 6.80. The Morgan fingerprint density at radius 2 is 2.00 bits per heavy atom. The zero-order chi connectivity index (χ0) is 14.3. The first-order chi connectivity index (χ1) is 9.05. The molecule has 1 fully saturated rings. The van der Waals surface area contributed by atoms with Gasteiger partial charge in [-0.15, -0.1) is 0 Å². The van der Waals surface area contributed by atoms with E-state index in [0.29, 0.717) is 17.9 Å². The Morgan fingerprint density at radius 3 is 2.47 bits per heavy atom. The highest BCUT2D eigenvalue weighted by Crippen LogP contribution is 2.29. The molecule has 0 bridgehead atoms. The average molecular weight is 270 g/mol. The van der Waals surface area contributed by atoms with E-state index in [1.54, 1.807) is 0 Å². The summed E-state index contributed by atoms with van der Waals surface area (Å²) in [6.07, 6.45) is 3.63. The Bertz CT molecular complexity index is 239. The molecule has 0 spiro atoms. The molecule has 1 unspecified atom stereocenters. The second-order valence-electron chi connectivity index (χ2n) is 6.80. The number of rotatable bonds is 9. The maximum Gasteiger partial charge on any atom is 0.0471 e. The van der Waals surface area contributed by atoms with Gasteiger partial charge in [0, 0.05) is 26.2 Å². The summed E-state index contributed by atoms with van der Waals surface area (Å²) in [5.74, 6) is 1.23. The van der Waals surface area contributed by atoms with Crippen LogP contribution < -0.4 is 5.32 Å². The molecule has 0 aromatic rings. The van der Waals surface area contributed by atoms with E-state index in [4.69, 9.17) is 0 Å². The van der Waals surface area contributed by atoms with Crippen molar-refractivity contribution in [2.24, 2.45) is 17.3 Å². The number of hydrogen-bond acceptors (Lipinski definition) is 3. The fourth-order valence-electron chi connectivity index (χ4n) is 3.09. The van der Waals surface area contributed by atoms with E-state index < -0.39 is 0 Å². The predicted molar refractivity (Wildman–Crippen MR) is 82.4 cm³/mol. The van der Waals surface area contributed by atoms with Gasteiger partial charge in [0.25, 0.3) is 0 Å². The summed E-state index contributed by atoms with van der Waals surface area (Å²) in [5, 5.41) is 12.9. The molecular formula is C16H34N2O. The van der Waals surface area contributed by atoms with Crippen LogP contribution in [-0.4, -0.2) is 49.3 Å². The monoisotopic (exact) mass is 270 g/mol. The van der Waals surface area contributed by atoms with Crippen molar-refractivity contribution in [1.29, 1.82) is 0 Å². The van der Waals surface area contributed by atoms with Gasteiger partial charge in [0.15, 0.2) is 0 Å². The zero-order valence-electron chi connectivity index (χ0n) is 13.4. The lowest BCUT2D eigenvalue weighted by atomic mass is 9.81. The largest absolute Gasteiger partial charge is 0.396 e. The molecular weight excluding hydrogens is 236 g/mol. The molecule has 0 saturated carbocycles. The summed E-state index contributed by atoms with van der Waals surface area (Å²) in [4.78, 5) is 2.56. The van der Waals surface area contributed by atoms with Crippen molar-refractivity contribution in [3.8, 4) is 0 Å². The topological polar surface area (TPSA) is 35.5 Å². The number of nitrogens with one attached hydrogen (secondary N) is 1. The predicted octanol–water partition coefficient (Wildman–Crippen LogP) is 2.35. The Labute approximate surface area is 119 Å². The number of aliphatic hydroxyl groups is 1. The van der Waals surface area contributed by atoms with Gasteiger partial charge in [0.2, 0.25) is 0 Å². The van der Waals surface area contributed by atoms with Gasteiger partial charge in [0.05, 0.1) is 0 Å². The van der Waals surface area contributed by atoms with Gasteiger partial charge in [-0.1, -0.05) is 27.7 Å². The summed E-state index contributed by atoms with van der Waals surface area (Å²) in [6.45, 7) is 15.2. The smallest absolute Gasteiger partial charge is 0.0471 e. The van der Waals surface area contributed by atoms with Gasteiger partial charge >= 0.3 is 0 Å². The van der Waals surface area contributed by atoms with Crippen molar-refractivity contribution in [3.63, 3.8) is 0 Å². The molecule has 0 aliphatic carbocycles. The second kappa shape index (κ2) is 8.23. The van der Waals surface area contributed by atoms with E-state index in [-0.39, 0.29) is 0 Å². The van der Waals surface area contributed by atoms with Gasteiger partial charge in [-0.3, -0.25) is 0 Å². The Balaban J connectivity index is 2.46. The van der Waals surface area contributed by atoms with Crippen LogP contribution in [0.4, 0.5) is 0 Å². The molecule has 3 heteroatoms.